The zero-order valence-electron chi connectivity index (χ0n) is 18.6. The second kappa shape index (κ2) is 8.77. The van der Waals surface area contributed by atoms with E-state index in [0.717, 1.165) is 66.6 Å². The molecule has 0 radical (unpaired) electrons. The van der Waals surface area contributed by atoms with Crippen molar-refractivity contribution in [2.45, 2.75) is 51.0 Å². The summed E-state index contributed by atoms with van der Waals surface area (Å²) in [6, 6.07) is 15.5. The molecule has 1 aliphatic heterocycles. The number of aryl methyl sites for hydroxylation is 1. The molecule has 0 bridgehead atoms. The van der Waals surface area contributed by atoms with E-state index in [2.05, 4.69) is 16.0 Å². The second-order valence-electron chi connectivity index (χ2n) is 9.07. The minimum atomic E-state index is -0.357. The lowest BCUT2D eigenvalue weighted by Crippen LogP contribution is -2.46. The molecule has 1 N–H and O–H groups in total. The van der Waals surface area contributed by atoms with Gasteiger partial charge in [0, 0.05) is 30.8 Å². The number of nitrogens with zero attached hydrogens (tertiary/aromatic N) is 3. The first kappa shape index (κ1) is 20.7. The first-order valence-corrected chi connectivity index (χ1v) is 11.7. The van der Waals surface area contributed by atoms with Crippen LogP contribution in [-0.4, -0.2) is 38.9 Å². The van der Waals surface area contributed by atoms with Gasteiger partial charge in [0.1, 0.15) is 11.9 Å². The standard InChI is InChI=1S/C26H30N4O2/c1-29-22-11-6-5-10-21(22)28-24(29)18-13-15-20(16-14-18)27-25(31)23-12-7-17-30(23)26(32)19-8-3-2-4-9-19/h5-6,10-11,13-16,19,23H,2-4,7-9,12,17H2,1H3,(H,27,31). The molecule has 2 aromatic carbocycles. The third-order valence-electron chi connectivity index (χ3n) is 6.99. The average molecular weight is 431 g/mol. The number of imidazole rings is 1. The van der Waals surface area contributed by atoms with Crippen molar-refractivity contribution in [2.75, 3.05) is 11.9 Å². The summed E-state index contributed by atoms with van der Waals surface area (Å²) < 4.78 is 2.08. The Kier molecular flexibility index (Phi) is 5.68. The molecule has 2 aliphatic rings. The minimum absolute atomic E-state index is 0.0814. The number of rotatable bonds is 4. The van der Waals surface area contributed by atoms with Crippen LogP contribution >= 0.6 is 0 Å². The second-order valence-corrected chi connectivity index (χ2v) is 9.07. The molecule has 0 spiro atoms. The maximum Gasteiger partial charge on any atom is 0.247 e. The molecule has 1 saturated carbocycles. The van der Waals surface area contributed by atoms with Crippen molar-refractivity contribution in [1.82, 2.24) is 14.5 Å². The molecule has 1 unspecified atom stereocenters. The minimum Gasteiger partial charge on any atom is -0.330 e. The van der Waals surface area contributed by atoms with E-state index >= 15 is 0 Å². The molecule has 3 aromatic rings. The van der Waals surface area contributed by atoms with Gasteiger partial charge in [0.25, 0.3) is 0 Å². The number of aromatic nitrogens is 2. The number of para-hydroxylation sites is 2. The molecule has 1 atom stereocenters. The van der Waals surface area contributed by atoms with Gasteiger partial charge in [-0.15, -0.1) is 0 Å². The number of hydrogen-bond donors (Lipinski definition) is 1. The predicted octanol–water partition coefficient (Wildman–Crippen LogP) is 4.75. The van der Waals surface area contributed by atoms with Crippen molar-refractivity contribution in [1.29, 1.82) is 0 Å². The van der Waals surface area contributed by atoms with Crippen molar-refractivity contribution < 1.29 is 9.59 Å². The van der Waals surface area contributed by atoms with E-state index in [0.29, 0.717) is 6.54 Å². The van der Waals surface area contributed by atoms with Gasteiger partial charge < -0.3 is 14.8 Å². The van der Waals surface area contributed by atoms with Crippen LogP contribution in [0.2, 0.25) is 0 Å². The highest BCUT2D eigenvalue weighted by Crippen LogP contribution is 2.30. The van der Waals surface area contributed by atoms with Crippen LogP contribution in [0.5, 0.6) is 0 Å². The quantitative estimate of drug-likeness (QED) is 0.649. The Morgan fingerprint density at radius 3 is 2.44 bits per heavy atom. The number of amides is 2. The fourth-order valence-electron chi connectivity index (χ4n) is 5.22. The monoisotopic (exact) mass is 430 g/mol. The largest absolute Gasteiger partial charge is 0.330 e. The molecular weight excluding hydrogens is 400 g/mol. The maximum absolute atomic E-state index is 13.0. The molecule has 2 fully saturated rings. The van der Waals surface area contributed by atoms with Gasteiger partial charge in [0.2, 0.25) is 11.8 Å². The van der Waals surface area contributed by atoms with Crippen molar-refractivity contribution in [3.05, 3.63) is 48.5 Å². The molecule has 2 amide bonds. The summed E-state index contributed by atoms with van der Waals surface area (Å²) in [5, 5.41) is 3.03. The van der Waals surface area contributed by atoms with E-state index in [1.54, 1.807) is 0 Å². The first-order valence-electron chi connectivity index (χ1n) is 11.7. The highest BCUT2D eigenvalue weighted by atomic mass is 16.2. The molecular formula is C26H30N4O2. The number of carbonyl (C=O) groups excluding carboxylic acids is 2. The normalized spacial score (nSPS) is 19.4. The van der Waals surface area contributed by atoms with Crippen LogP contribution in [0.3, 0.4) is 0 Å². The van der Waals surface area contributed by atoms with Gasteiger partial charge in [-0.2, -0.15) is 0 Å². The Labute approximate surface area is 188 Å². The zero-order chi connectivity index (χ0) is 22.1. The van der Waals surface area contributed by atoms with Crippen molar-refractivity contribution >= 4 is 28.5 Å². The lowest BCUT2D eigenvalue weighted by atomic mass is 9.88. The van der Waals surface area contributed by atoms with Gasteiger partial charge in [-0.05, 0) is 62.1 Å². The fourth-order valence-corrected chi connectivity index (χ4v) is 5.22. The third-order valence-corrected chi connectivity index (χ3v) is 6.99. The van der Waals surface area contributed by atoms with Gasteiger partial charge >= 0.3 is 0 Å². The molecule has 166 valence electrons. The van der Waals surface area contributed by atoms with Crippen LogP contribution in [0.1, 0.15) is 44.9 Å². The Hall–Kier alpha value is -3.15. The van der Waals surface area contributed by atoms with Gasteiger partial charge in [0.15, 0.2) is 0 Å². The predicted molar refractivity (Wildman–Crippen MR) is 126 cm³/mol. The number of fused-ring (bicyclic) bond motifs is 1. The van der Waals surface area contributed by atoms with Crippen LogP contribution in [0.4, 0.5) is 5.69 Å². The fraction of sp³-hybridized carbons (Fsp3) is 0.423. The number of hydrogen-bond acceptors (Lipinski definition) is 3. The maximum atomic E-state index is 13.0. The lowest BCUT2D eigenvalue weighted by Gasteiger charge is -2.30. The molecule has 5 rings (SSSR count). The van der Waals surface area contributed by atoms with E-state index in [1.165, 1.54) is 6.42 Å². The van der Waals surface area contributed by atoms with Gasteiger partial charge in [-0.3, -0.25) is 9.59 Å². The highest BCUT2D eigenvalue weighted by Gasteiger charge is 2.37. The zero-order valence-corrected chi connectivity index (χ0v) is 18.6. The van der Waals surface area contributed by atoms with E-state index in [9.17, 15) is 9.59 Å². The number of carbonyl (C=O) groups is 2. The molecule has 1 aromatic heterocycles. The SMILES string of the molecule is Cn1c(-c2ccc(NC(=O)C3CCCN3C(=O)C3CCCCC3)cc2)nc2ccccc21. The average Bonchev–Trinajstić information content (AvgIpc) is 3.45. The Morgan fingerprint density at radius 1 is 0.938 bits per heavy atom. The Balaban J connectivity index is 1.28. The van der Waals surface area contributed by atoms with E-state index < -0.39 is 0 Å². The summed E-state index contributed by atoms with van der Waals surface area (Å²) in [6.45, 7) is 0.694. The smallest absolute Gasteiger partial charge is 0.247 e. The van der Waals surface area contributed by atoms with Crippen LogP contribution in [0, 0.1) is 5.92 Å². The lowest BCUT2D eigenvalue weighted by molar-refractivity contribution is -0.141. The third kappa shape index (κ3) is 3.90. The van der Waals surface area contributed by atoms with Gasteiger partial charge in [-0.25, -0.2) is 4.98 Å². The van der Waals surface area contributed by atoms with Crippen LogP contribution in [0.25, 0.3) is 22.4 Å². The summed E-state index contributed by atoms with van der Waals surface area (Å²) in [5.74, 6) is 1.09. The molecule has 1 saturated heterocycles. The van der Waals surface area contributed by atoms with E-state index in [4.69, 9.17) is 4.98 Å². The Bertz CT molecular complexity index is 1130. The molecule has 1 aliphatic carbocycles. The van der Waals surface area contributed by atoms with Gasteiger partial charge in [0.05, 0.1) is 11.0 Å². The van der Waals surface area contributed by atoms with Crippen molar-refractivity contribution in [3.8, 4) is 11.4 Å². The van der Waals surface area contributed by atoms with E-state index in [1.807, 2.05) is 54.4 Å². The van der Waals surface area contributed by atoms with Crippen LogP contribution in [0.15, 0.2) is 48.5 Å². The Morgan fingerprint density at radius 2 is 1.69 bits per heavy atom. The molecule has 32 heavy (non-hydrogen) atoms. The van der Waals surface area contributed by atoms with Crippen LogP contribution in [-0.2, 0) is 16.6 Å². The number of nitrogens with one attached hydrogen (secondary N) is 1. The van der Waals surface area contributed by atoms with E-state index in [-0.39, 0.29) is 23.8 Å². The van der Waals surface area contributed by atoms with Gasteiger partial charge in [-0.1, -0.05) is 31.4 Å². The number of likely N-dealkylation sites (tertiary alicyclic amines) is 1. The summed E-state index contributed by atoms with van der Waals surface area (Å²) in [4.78, 5) is 32.6. The van der Waals surface area contributed by atoms with Crippen molar-refractivity contribution in [3.63, 3.8) is 0 Å². The summed E-state index contributed by atoms with van der Waals surface area (Å²) in [5.41, 5.74) is 3.79. The molecule has 6 nitrogen and oxygen atoms in total. The molecule has 6 heteroatoms. The van der Waals surface area contributed by atoms with Crippen molar-refractivity contribution in [2.24, 2.45) is 13.0 Å². The van der Waals surface area contributed by atoms with Crippen LogP contribution < -0.4 is 5.32 Å². The first-order chi connectivity index (χ1) is 15.6. The molecule has 2 heterocycles. The summed E-state index contributed by atoms with van der Waals surface area (Å²) >= 11 is 0. The highest BCUT2D eigenvalue weighted by molar-refractivity contribution is 5.98. The number of anilines is 1. The number of benzene rings is 2. The summed E-state index contributed by atoms with van der Waals surface area (Å²) in [6.07, 6.45) is 7.03. The summed E-state index contributed by atoms with van der Waals surface area (Å²) in [7, 11) is 2.01. The topological polar surface area (TPSA) is 67.2 Å².